The second kappa shape index (κ2) is 6.11. The lowest BCUT2D eigenvalue weighted by Gasteiger charge is -2.20. The Balaban J connectivity index is 1.62. The van der Waals surface area contributed by atoms with Crippen molar-refractivity contribution in [2.24, 2.45) is 0 Å². The van der Waals surface area contributed by atoms with Gasteiger partial charge in [-0.25, -0.2) is 0 Å². The number of nitrogens with one attached hydrogen (secondary N) is 1. The van der Waals surface area contributed by atoms with Gasteiger partial charge in [-0.05, 0) is 55.0 Å². The molecule has 0 aliphatic heterocycles. The van der Waals surface area contributed by atoms with Crippen molar-refractivity contribution >= 4 is 15.9 Å². The molecule has 1 N–H and O–H groups in total. The molecular weight excluding hydrogens is 310 g/mol. The van der Waals surface area contributed by atoms with Crippen molar-refractivity contribution in [2.75, 3.05) is 0 Å². The lowest BCUT2D eigenvalue weighted by atomic mass is 10.0. The maximum absolute atomic E-state index is 3.79. The summed E-state index contributed by atoms with van der Waals surface area (Å²) in [6.07, 6.45) is 3.51. The molecule has 2 aromatic carbocycles. The van der Waals surface area contributed by atoms with Crippen LogP contribution in [-0.2, 0) is 12.8 Å². The van der Waals surface area contributed by atoms with Gasteiger partial charge in [-0.2, -0.15) is 0 Å². The predicted octanol–water partition coefficient (Wildman–Crippen LogP) is 4.66. The van der Waals surface area contributed by atoms with Crippen molar-refractivity contribution in [1.82, 2.24) is 5.32 Å². The highest BCUT2D eigenvalue weighted by molar-refractivity contribution is 9.10. The minimum atomic E-state index is 0.493. The van der Waals surface area contributed by atoms with Gasteiger partial charge in [-0.1, -0.05) is 52.3 Å². The molecule has 0 aromatic heterocycles. The number of benzene rings is 2. The van der Waals surface area contributed by atoms with Gasteiger partial charge in [0.15, 0.2) is 0 Å². The zero-order chi connectivity index (χ0) is 13.9. The predicted molar refractivity (Wildman–Crippen MR) is 87.9 cm³/mol. The molecule has 0 fully saturated rings. The Morgan fingerprint density at radius 1 is 1.15 bits per heavy atom. The summed E-state index contributed by atoms with van der Waals surface area (Å²) in [6, 6.07) is 18.5. The van der Waals surface area contributed by atoms with Gasteiger partial charge in [-0.3, -0.25) is 0 Å². The smallest absolute Gasteiger partial charge is 0.0328 e. The highest BCUT2D eigenvalue weighted by atomic mass is 79.9. The average Bonchev–Trinajstić information content (AvgIpc) is 2.85. The Morgan fingerprint density at radius 2 is 1.90 bits per heavy atom. The number of aryl methyl sites for hydroxylation is 1. The van der Waals surface area contributed by atoms with Crippen LogP contribution in [0.5, 0.6) is 0 Å². The third-order valence-corrected chi connectivity index (χ3v) is 4.60. The van der Waals surface area contributed by atoms with Crippen LogP contribution < -0.4 is 5.32 Å². The molecule has 2 atom stereocenters. The summed E-state index contributed by atoms with van der Waals surface area (Å²) in [5.41, 5.74) is 4.40. The van der Waals surface area contributed by atoms with Crippen molar-refractivity contribution in [3.05, 3.63) is 69.7 Å². The van der Waals surface area contributed by atoms with Gasteiger partial charge in [0.25, 0.3) is 0 Å². The van der Waals surface area contributed by atoms with Crippen molar-refractivity contribution in [1.29, 1.82) is 0 Å². The normalized spacial score (nSPS) is 18.8. The monoisotopic (exact) mass is 329 g/mol. The van der Waals surface area contributed by atoms with Crippen LogP contribution in [-0.4, -0.2) is 6.04 Å². The van der Waals surface area contributed by atoms with Crippen molar-refractivity contribution in [2.45, 2.75) is 38.3 Å². The fraction of sp³-hybridized carbons (Fsp3) is 0.333. The molecule has 0 spiro atoms. The fourth-order valence-corrected chi connectivity index (χ4v) is 3.37. The molecule has 2 aromatic rings. The van der Waals surface area contributed by atoms with Gasteiger partial charge in [0.2, 0.25) is 0 Å². The first-order valence-electron chi connectivity index (χ1n) is 7.30. The van der Waals surface area contributed by atoms with E-state index in [0.29, 0.717) is 12.1 Å². The highest BCUT2D eigenvalue weighted by Gasteiger charge is 2.22. The van der Waals surface area contributed by atoms with E-state index in [9.17, 15) is 0 Å². The van der Waals surface area contributed by atoms with Crippen LogP contribution in [0.3, 0.4) is 0 Å². The van der Waals surface area contributed by atoms with Gasteiger partial charge >= 0.3 is 0 Å². The Morgan fingerprint density at radius 3 is 2.70 bits per heavy atom. The van der Waals surface area contributed by atoms with Crippen molar-refractivity contribution in [3.8, 4) is 0 Å². The summed E-state index contributed by atoms with van der Waals surface area (Å²) >= 11 is 3.49. The Bertz CT molecular complexity index is 576. The Kier molecular flexibility index (Phi) is 4.23. The molecule has 1 aliphatic rings. The molecule has 104 valence electrons. The van der Waals surface area contributed by atoms with Gasteiger partial charge in [0.1, 0.15) is 0 Å². The Labute approximate surface area is 129 Å². The number of fused-ring (bicyclic) bond motifs is 1. The number of hydrogen-bond acceptors (Lipinski definition) is 1. The molecule has 0 saturated carbocycles. The molecule has 2 heteroatoms. The molecule has 2 unspecified atom stereocenters. The van der Waals surface area contributed by atoms with Crippen LogP contribution in [0.15, 0.2) is 53.0 Å². The summed E-state index contributed by atoms with van der Waals surface area (Å²) in [7, 11) is 0. The summed E-state index contributed by atoms with van der Waals surface area (Å²) < 4.78 is 1.14. The van der Waals surface area contributed by atoms with E-state index in [1.54, 1.807) is 0 Å². The largest absolute Gasteiger partial charge is 0.307 e. The third-order valence-electron chi connectivity index (χ3n) is 4.07. The van der Waals surface area contributed by atoms with E-state index in [4.69, 9.17) is 0 Å². The van der Waals surface area contributed by atoms with Crippen LogP contribution in [0.1, 0.15) is 36.1 Å². The molecule has 0 bridgehead atoms. The van der Waals surface area contributed by atoms with E-state index in [1.807, 2.05) is 0 Å². The molecule has 20 heavy (non-hydrogen) atoms. The first-order chi connectivity index (χ1) is 9.72. The zero-order valence-corrected chi connectivity index (χ0v) is 13.4. The van der Waals surface area contributed by atoms with Gasteiger partial charge in [0, 0.05) is 16.6 Å². The summed E-state index contributed by atoms with van der Waals surface area (Å²) in [5, 5.41) is 3.79. The molecule has 0 heterocycles. The van der Waals surface area contributed by atoms with Crippen LogP contribution in [0.4, 0.5) is 0 Å². The number of halogens is 1. The first-order valence-corrected chi connectivity index (χ1v) is 8.10. The van der Waals surface area contributed by atoms with E-state index in [0.717, 1.165) is 10.9 Å². The average molecular weight is 330 g/mol. The van der Waals surface area contributed by atoms with Crippen LogP contribution in [0.2, 0.25) is 0 Å². The summed E-state index contributed by atoms with van der Waals surface area (Å²) in [4.78, 5) is 0. The maximum atomic E-state index is 3.79. The molecule has 1 aliphatic carbocycles. The number of rotatable bonds is 4. The van der Waals surface area contributed by atoms with E-state index in [1.165, 1.54) is 29.5 Å². The SMILES string of the molecule is CC(Cc1ccc(Br)cc1)NC1CCc2ccccc21. The maximum Gasteiger partial charge on any atom is 0.0328 e. The van der Waals surface area contributed by atoms with E-state index >= 15 is 0 Å². The van der Waals surface area contributed by atoms with E-state index in [-0.39, 0.29) is 0 Å². The lowest BCUT2D eigenvalue weighted by molar-refractivity contribution is 0.451. The standard InChI is InChI=1S/C18H20BrN/c1-13(12-14-6-9-16(19)10-7-14)20-18-11-8-15-4-2-3-5-17(15)18/h2-7,9-10,13,18,20H,8,11-12H2,1H3. The molecule has 3 rings (SSSR count). The topological polar surface area (TPSA) is 12.0 Å². The van der Waals surface area contributed by atoms with Crippen LogP contribution in [0, 0.1) is 0 Å². The molecule has 0 amide bonds. The zero-order valence-electron chi connectivity index (χ0n) is 11.8. The van der Waals surface area contributed by atoms with Crippen molar-refractivity contribution in [3.63, 3.8) is 0 Å². The van der Waals surface area contributed by atoms with Crippen molar-refractivity contribution < 1.29 is 0 Å². The van der Waals surface area contributed by atoms with Gasteiger partial charge in [0.05, 0.1) is 0 Å². The van der Waals surface area contributed by atoms with Crippen LogP contribution >= 0.6 is 15.9 Å². The quantitative estimate of drug-likeness (QED) is 0.860. The molecular formula is C18H20BrN. The second-order valence-electron chi connectivity index (χ2n) is 5.69. The Hall–Kier alpha value is -1.12. The lowest BCUT2D eigenvalue weighted by Crippen LogP contribution is -2.31. The minimum absolute atomic E-state index is 0.493. The second-order valence-corrected chi connectivity index (χ2v) is 6.60. The highest BCUT2D eigenvalue weighted by Crippen LogP contribution is 2.31. The van der Waals surface area contributed by atoms with E-state index < -0.39 is 0 Å². The third kappa shape index (κ3) is 3.13. The van der Waals surface area contributed by atoms with E-state index in [2.05, 4.69) is 76.7 Å². The molecule has 0 saturated heterocycles. The number of hydrogen-bond donors (Lipinski definition) is 1. The first kappa shape index (κ1) is 13.8. The minimum Gasteiger partial charge on any atom is -0.307 e. The summed E-state index contributed by atoms with van der Waals surface area (Å²) in [5.74, 6) is 0. The fourth-order valence-electron chi connectivity index (χ4n) is 3.11. The molecule has 1 nitrogen and oxygen atoms in total. The molecule has 0 radical (unpaired) electrons. The summed E-state index contributed by atoms with van der Waals surface area (Å²) in [6.45, 7) is 2.28. The van der Waals surface area contributed by atoms with Gasteiger partial charge in [-0.15, -0.1) is 0 Å². The van der Waals surface area contributed by atoms with Crippen LogP contribution in [0.25, 0.3) is 0 Å². The van der Waals surface area contributed by atoms with Gasteiger partial charge < -0.3 is 5.32 Å².